The smallest absolute Gasteiger partial charge is 0.341 e. The van der Waals surface area contributed by atoms with Gasteiger partial charge in [-0.15, -0.1) is 5.10 Å². The fourth-order valence-electron chi connectivity index (χ4n) is 2.37. The first-order valence-corrected chi connectivity index (χ1v) is 7.97. The Bertz CT molecular complexity index is 981. The number of esters is 1. The molecule has 0 saturated heterocycles. The summed E-state index contributed by atoms with van der Waals surface area (Å²) < 4.78 is 6.16. The zero-order valence-corrected chi connectivity index (χ0v) is 13.7. The summed E-state index contributed by atoms with van der Waals surface area (Å²) in [6, 6.07) is 11.1. The summed E-state index contributed by atoms with van der Waals surface area (Å²) in [5.41, 5.74) is 0.486. The van der Waals surface area contributed by atoms with E-state index in [4.69, 9.17) is 4.74 Å². The third-order valence-electron chi connectivity index (χ3n) is 3.75. The van der Waals surface area contributed by atoms with E-state index < -0.39 is 5.97 Å². The first kappa shape index (κ1) is 16.6. The normalized spacial score (nSPS) is 10.8. The quantitative estimate of drug-likeness (QED) is 0.567. The predicted molar refractivity (Wildman–Crippen MR) is 92.0 cm³/mol. The molecule has 3 aromatic rings. The van der Waals surface area contributed by atoms with Crippen LogP contribution in [0.2, 0.25) is 0 Å². The molecule has 128 valence electrons. The molecule has 0 unspecified atom stereocenters. The number of benzene rings is 2. The second-order valence-electron chi connectivity index (χ2n) is 5.51. The zero-order chi connectivity index (χ0) is 17.8. The van der Waals surface area contributed by atoms with E-state index >= 15 is 0 Å². The SMILES string of the molecule is CCCCOC(=O)c1ccc(-n2nnc3ccccc3c2=O)cc1O. The predicted octanol–water partition coefficient (Wildman–Crippen LogP) is 2.44. The van der Waals surface area contributed by atoms with E-state index in [2.05, 4.69) is 10.3 Å². The Labute approximate surface area is 143 Å². The van der Waals surface area contributed by atoms with Crippen LogP contribution in [0.1, 0.15) is 30.1 Å². The molecule has 1 heterocycles. The topological polar surface area (TPSA) is 94.3 Å². The van der Waals surface area contributed by atoms with Gasteiger partial charge in [0.2, 0.25) is 0 Å². The number of carbonyl (C=O) groups is 1. The Balaban J connectivity index is 1.94. The molecule has 0 amide bonds. The first-order valence-electron chi connectivity index (χ1n) is 7.97. The number of unbranched alkanes of at least 4 members (excludes halogenated alkanes) is 1. The average Bonchev–Trinajstić information content (AvgIpc) is 2.62. The van der Waals surface area contributed by atoms with Gasteiger partial charge in [0.05, 0.1) is 17.7 Å². The van der Waals surface area contributed by atoms with Gasteiger partial charge < -0.3 is 9.84 Å². The molecular weight excluding hydrogens is 322 g/mol. The minimum atomic E-state index is -0.602. The van der Waals surface area contributed by atoms with Gasteiger partial charge in [0.15, 0.2) is 0 Å². The number of hydrogen-bond donors (Lipinski definition) is 1. The monoisotopic (exact) mass is 339 g/mol. The summed E-state index contributed by atoms with van der Waals surface area (Å²) in [5.74, 6) is -0.879. The lowest BCUT2D eigenvalue weighted by Gasteiger charge is -2.09. The average molecular weight is 339 g/mol. The number of phenolic OH excluding ortho intramolecular Hbond substituents is 1. The number of hydrogen-bond acceptors (Lipinski definition) is 6. The lowest BCUT2D eigenvalue weighted by Crippen LogP contribution is -2.22. The lowest BCUT2D eigenvalue weighted by molar-refractivity contribution is 0.0496. The highest BCUT2D eigenvalue weighted by Gasteiger charge is 2.15. The molecule has 1 N–H and O–H groups in total. The van der Waals surface area contributed by atoms with E-state index in [1.807, 2.05) is 6.92 Å². The van der Waals surface area contributed by atoms with Gasteiger partial charge in [0, 0.05) is 6.07 Å². The highest BCUT2D eigenvalue weighted by Crippen LogP contribution is 2.21. The molecule has 0 aliphatic heterocycles. The zero-order valence-electron chi connectivity index (χ0n) is 13.7. The molecule has 0 aliphatic carbocycles. The Morgan fingerprint density at radius 1 is 1.24 bits per heavy atom. The number of aromatic hydroxyl groups is 1. The molecule has 25 heavy (non-hydrogen) atoms. The number of nitrogens with zero attached hydrogens (tertiary/aromatic N) is 3. The number of aromatic nitrogens is 3. The molecule has 0 spiro atoms. The van der Waals surface area contributed by atoms with Crippen molar-refractivity contribution in [2.24, 2.45) is 0 Å². The van der Waals surface area contributed by atoms with Gasteiger partial charge in [-0.05, 0) is 30.7 Å². The van der Waals surface area contributed by atoms with Gasteiger partial charge in [-0.3, -0.25) is 4.79 Å². The fourth-order valence-corrected chi connectivity index (χ4v) is 2.37. The Hall–Kier alpha value is -3.22. The van der Waals surface area contributed by atoms with Gasteiger partial charge in [-0.1, -0.05) is 30.7 Å². The van der Waals surface area contributed by atoms with Crippen LogP contribution in [0.5, 0.6) is 5.75 Å². The molecule has 1 aromatic heterocycles. The minimum absolute atomic E-state index is 0.0432. The Morgan fingerprint density at radius 2 is 2.04 bits per heavy atom. The minimum Gasteiger partial charge on any atom is -0.507 e. The third-order valence-corrected chi connectivity index (χ3v) is 3.75. The number of rotatable bonds is 5. The van der Waals surface area contributed by atoms with Crippen LogP contribution in [0.25, 0.3) is 16.6 Å². The van der Waals surface area contributed by atoms with Crippen molar-refractivity contribution in [3.8, 4) is 11.4 Å². The summed E-state index contributed by atoms with van der Waals surface area (Å²) >= 11 is 0. The van der Waals surface area contributed by atoms with E-state index in [0.717, 1.165) is 17.5 Å². The van der Waals surface area contributed by atoms with Crippen LogP contribution in [-0.4, -0.2) is 32.7 Å². The van der Waals surface area contributed by atoms with Crippen molar-refractivity contribution < 1.29 is 14.6 Å². The summed E-state index contributed by atoms with van der Waals surface area (Å²) in [6.07, 6.45) is 1.66. The maximum atomic E-state index is 12.5. The van der Waals surface area contributed by atoms with Crippen molar-refractivity contribution in [2.45, 2.75) is 19.8 Å². The Kier molecular flexibility index (Phi) is 4.74. The van der Waals surface area contributed by atoms with Crippen molar-refractivity contribution in [1.29, 1.82) is 0 Å². The molecule has 0 aliphatic rings. The molecule has 7 nitrogen and oxygen atoms in total. The highest BCUT2D eigenvalue weighted by molar-refractivity contribution is 5.92. The highest BCUT2D eigenvalue weighted by atomic mass is 16.5. The van der Waals surface area contributed by atoms with Crippen LogP contribution in [-0.2, 0) is 4.74 Å². The molecule has 0 atom stereocenters. The summed E-state index contributed by atoms with van der Waals surface area (Å²) in [6.45, 7) is 2.29. The number of carbonyl (C=O) groups excluding carboxylic acids is 1. The summed E-state index contributed by atoms with van der Waals surface area (Å²) in [7, 11) is 0. The van der Waals surface area contributed by atoms with Crippen LogP contribution in [0.4, 0.5) is 0 Å². The first-order chi connectivity index (χ1) is 12.1. The lowest BCUT2D eigenvalue weighted by atomic mass is 10.2. The van der Waals surface area contributed by atoms with E-state index in [9.17, 15) is 14.7 Å². The van der Waals surface area contributed by atoms with E-state index in [0.29, 0.717) is 23.2 Å². The van der Waals surface area contributed by atoms with Crippen molar-refractivity contribution in [1.82, 2.24) is 15.0 Å². The molecule has 0 bridgehead atoms. The van der Waals surface area contributed by atoms with Gasteiger partial charge in [-0.25, -0.2) is 4.79 Å². The standard InChI is InChI=1S/C18H17N3O4/c1-2-3-10-25-18(24)14-9-8-12(11-16(14)22)21-17(23)13-6-4-5-7-15(13)19-20-21/h4-9,11,22H,2-3,10H2,1H3. The maximum Gasteiger partial charge on any atom is 0.341 e. The van der Waals surface area contributed by atoms with Crippen molar-refractivity contribution in [3.63, 3.8) is 0 Å². The maximum absolute atomic E-state index is 12.5. The molecule has 7 heteroatoms. The molecular formula is C18H17N3O4. The van der Waals surface area contributed by atoms with E-state index in [1.165, 1.54) is 18.2 Å². The summed E-state index contributed by atoms with van der Waals surface area (Å²) in [4.78, 5) is 24.5. The van der Waals surface area contributed by atoms with Gasteiger partial charge in [0.1, 0.15) is 16.8 Å². The van der Waals surface area contributed by atoms with Gasteiger partial charge in [0.25, 0.3) is 5.56 Å². The van der Waals surface area contributed by atoms with Crippen LogP contribution in [0.3, 0.4) is 0 Å². The summed E-state index contributed by atoms with van der Waals surface area (Å²) in [5, 5.41) is 18.4. The molecule has 2 aromatic carbocycles. The van der Waals surface area contributed by atoms with Crippen LogP contribution >= 0.6 is 0 Å². The fraction of sp³-hybridized carbons (Fsp3) is 0.222. The second kappa shape index (κ2) is 7.12. The number of fused-ring (bicyclic) bond motifs is 1. The molecule has 3 rings (SSSR count). The largest absolute Gasteiger partial charge is 0.507 e. The van der Waals surface area contributed by atoms with Crippen molar-refractivity contribution in [2.75, 3.05) is 6.61 Å². The molecule has 0 radical (unpaired) electrons. The van der Waals surface area contributed by atoms with Gasteiger partial charge in [-0.2, -0.15) is 4.68 Å². The van der Waals surface area contributed by atoms with Crippen molar-refractivity contribution >= 4 is 16.9 Å². The number of ether oxygens (including phenoxy) is 1. The van der Waals surface area contributed by atoms with Crippen LogP contribution in [0.15, 0.2) is 47.3 Å². The van der Waals surface area contributed by atoms with Crippen LogP contribution in [0, 0.1) is 0 Å². The van der Waals surface area contributed by atoms with Crippen LogP contribution < -0.4 is 5.56 Å². The molecule has 0 saturated carbocycles. The molecule has 0 fully saturated rings. The second-order valence-corrected chi connectivity index (χ2v) is 5.51. The number of phenols is 1. The van der Waals surface area contributed by atoms with E-state index in [-0.39, 0.29) is 16.9 Å². The third kappa shape index (κ3) is 3.35. The van der Waals surface area contributed by atoms with E-state index in [1.54, 1.807) is 24.3 Å². The van der Waals surface area contributed by atoms with Crippen molar-refractivity contribution in [3.05, 3.63) is 58.4 Å². The Morgan fingerprint density at radius 3 is 2.80 bits per heavy atom. The van der Waals surface area contributed by atoms with Gasteiger partial charge >= 0.3 is 5.97 Å².